The molecule has 6 nitrogen and oxygen atoms in total. The Morgan fingerprint density at radius 1 is 1.13 bits per heavy atom. The summed E-state index contributed by atoms with van der Waals surface area (Å²) in [5.74, 6) is -1.10. The van der Waals surface area contributed by atoms with E-state index in [9.17, 15) is 14.4 Å². The van der Waals surface area contributed by atoms with Gasteiger partial charge in [0.2, 0.25) is 5.60 Å². The second-order valence-electron chi connectivity index (χ2n) is 6.43. The third kappa shape index (κ3) is 5.84. The Morgan fingerprint density at radius 2 is 1.74 bits per heavy atom. The van der Waals surface area contributed by atoms with Crippen LogP contribution in [-0.2, 0) is 28.6 Å². The van der Waals surface area contributed by atoms with Crippen molar-refractivity contribution in [3.05, 3.63) is 0 Å². The van der Waals surface area contributed by atoms with Crippen LogP contribution in [0.5, 0.6) is 0 Å². The predicted octanol–water partition coefficient (Wildman–Crippen LogP) is 2.63. The summed E-state index contributed by atoms with van der Waals surface area (Å²) in [5, 5.41) is 0. The fourth-order valence-corrected chi connectivity index (χ4v) is 2.72. The van der Waals surface area contributed by atoms with Gasteiger partial charge in [0, 0.05) is 6.92 Å². The van der Waals surface area contributed by atoms with Crippen molar-refractivity contribution >= 4 is 17.9 Å². The first-order chi connectivity index (χ1) is 10.8. The van der Waals surface area contributed by atoms with E-state index in [0.717, 1.165) is 6.42 Å². The average molecular weight is 328 g/mol. The Morgan fingerprint density at radius 3 is 2.22 bits per heavy atom. The Bertz CT molecular complexity index is 421. The number of hydrogen-bond acceptors (Lipinski definition) is 6. The predicted molar refractivity (Wildman–Crippen MR) is 83.5 cm³/mol. The number of hydrogen-bond donors (Lipinski definition) is 0. The normalized spacial score (nSPS) is 24.1. The summed E-state index contributed by atoms with van der Waals surface area (Å²) in [7, 11) is 0. The molecule has 1 saturated carbocycles. The van der Waals surface area contributed by atoms with E-state index in [1.807, 2.05) is 13.8 Å². The summed E-state index contributed by atoms with van der Waals surface area (Å²) < 4.78 is 15.6. The van der Waals surface area contributed by atoms with Crippen molar-refractivity contribution in [2.45, 2.75) is 65.4 Å². The minimum Gasteiger partial charge on any atom is -0.466 e. The molecule has 0 saturated heterocycles. The minimum absolute atomic E-state index is 0.248. The van der Waals surface area contributed by atoms with Gasteiger partial charge in [0.25, 0.3) is 0 Å². The molecule has 1 fully saturated rings. The van der Waals surface area contributed by atoms with Crippen molar-refractivity contribution in [3.63, 3.8) is 0 Å². The number of carbonyl (C=O) groups is 3. The molecular weight excluding hydrogens is 300 g/mol. The largest absolute Gasteiger partial charge is 0.466 e. The highest BCUT2D eigenvalue weighted by Gasteiger charge is 2.47. The van der Waals surface area contributed by atoms with Gasteiger partial charge in [-0.1, -0.05) is 13.8 Å². The Labute approximate surface area is 137 Å². The molecule has 0 aromatic heterocycles. The Hall–Kier alpha value is -1.59. The van der Waals surface area contributed by atoms with Crippen LogP contribution in [0.1, 0.15) is 59.8 Å². The van der Waals surface area contributed by atoms with Crippen LogP contribution in [0.2, 0.25) is 0 Å². The van der Waals surface area contributed by atoms with Gasteiger partial charge in [0.05, 0.1) is 19.1 Å². The minimum atomic E-state index is -1.26. The summed E-state index contributed by atoms with van der Waals surface area (Å²) in [6, 6.07) is 0. The monoisotopic (exact) mass is 328 g/mol. The molecule has 6 heteroatoms. The first-order valence-corrected chi connectivity index (χ1v) is 8.34. The van der Waals surface area contributed by atoms with E-state index in [1.165, 1.54) is 6.92 Å². The van der Waals surface area contributed by atoms with Gasteiger partial charge in [-0.05, 0) is 44.9 Å². The maximum atomic E-state index is 12.4. The molecule has 1 rings (SSSR count). The van der Waals surface area contributed by atoms with Gasteiger partial charge in [0.15, 0.2) is 0 Å². The van der Waals surface area contributed by atoms with Crippen molar-refractivity contribution in [1.82, 2.24) is 0 Å². The second kappa shape index (κ2) is 8.89. The van der Waals surface area contributed by atoms with E-state index in [0.29, 0.717) is 32.0 Å². The van der Waals surface area contributed by atoms with Gasteiger partial charge in [0.1, 0.15) is 0 Å². The van der Waals surface area contributed by atoms with Crippen molar-refractivity contribution < 1.29 is 28.6 Å². The standard InChI is InChI=1S/C17H28O6/c1-5-21-15(19)14-6-9-17(10-7-14,23-13(4)18)16(20)22-11-8-12(2)3/h12,14H,5-11H2,1-4H3. The van der Waals surface area contributed by atoms with Crippen LogP contribution in [0, 0.1) is 11.8 Å². The van der Waals surface area contributed by atoms with Gasteiger partial charge < -0.3 is 14.2 Å². The average Bonchev–Trinajstić information content (AvgIpc) is 2.47. The van der Waals surface area contributed by atoms with Crippen LogP contribution in [0.4, 0.5) is 0 Å². The Balaban J connectivity index is 2.68. The molecule has 0 atom stereocenters. The third-order valence-electron chi connectivity index (χ3n) is 4.05. The molecule has 0 unspecified atom stereocenters. The molecular formula is C17H28O6. The van der Waals surface area contributed by atoms with Crippen LogP contribution >= 0.6 is 0 Å². The molecule has 0 bridgehead atoms. The fourth-order valence-electron chi connectivity index (χ4n) is 2.72. The van der Waals surface area contributed by atoms with Crippen LogP contribution in [0.15, 0.2) is 0 Å². The summed E-state index contributed by atoms with van der Waals surface area (Å²) in [5.41, 5.74) is -1.26. The molecule has 0 amide bonds. The number of ether oxygens (including phenoxy) is 3. The van der Waals surface area contributed by atoms with E-state index in [-0.39, 0.29) is 24.7 Å². The highest BCUT2D eigenvalue weighted by Crippen LogP contribution is 2.37. The smallest absolute Gasteiger partial charge is 0.350 e. The van der Waals surface area contributed by atoms with E-state index in [1.54, 1.807) is 6.92 Å². The van der Waals surface area contributed by atoms with Crippen molar-refractivity contribution in [2.75, 3.05) is 13.2 Å². The maximum absolute atomic E-state index is 12.4. The molecule has 23 heavy (non-hydrogen) atoms. The molecule has 1 aliphatic carbocycles. The van der Waals surface area contributed by atoms with Crippen LogP contribution < -0.4 is 0 Å². The lowest BCUT2D eigenvalue weighted by atomic mass is 9.78. The summed E-state index contributed by atoms with van der Waals surface area (Å²) in [6.45, 7) is 7.76. The van der Waals surface area contributed by atoms with Crippen molar-refractivity contribution in [1.29, 1.82) is 0 Å². The van der Waals surface area contributed by atoms with E-state index < -0.39 is 17.5 Å². The van der Waals surface area contributed by atoms with E-state index in [2.05, 4.69) is 0 Å². The van der Waals surface area contributed by atoms with Gasteiger partial charge in [-0.25, -0.2) is 4.79 Å². The molecule has 0 spiro atoms. The lowest BCUT2D eigenvalue weighted by Crippen LogP contribution is -2.48. The summed E-state index contributed by atoms with van der Waals surface area (Å²) in [6.07, 6.45) is 2.23. The first-order valence-electron chi connectivity index (χ1n) is 8.34. The third-order valence-corrected chi connectivity index (χ3v) is 4.05. The molecule has 1 aliphatic rings. The highest BCUT2D eigenvalue weighted by atomic mass is 16.6. The molecule has 0 heterocycles. The summed E-state index contributed by atoms with van der Waals surface area (Å²) >= 11 is 0. The van der Waals surface area contributed by atoms with Crippen LogP contribution in [0.25, 0.3) is 0 Å². The molecule has 0 aliphatic heterocycles. The van der Waals surface area contributed by atoms with Crippen molar-refractivity contribution in [2.24, 2.45) is 11.8 Å². The highest BCUT2D eigenvalue weighted by molar-refractivity contribution is 5.83. The van der Waals surface area contributed by atoms with E-state index >= 15 is 0 Å². The quantitative estimate of drug-likeness (QED) is 0.528. The summed E-state index contributed by atoms with van der Waals surface area (Å²) in [4.78, 5) is 35.6. The van der Waals surface area contributed by atoms with Gasteiger partial charge in [-0.2, -0.15) is 0 Å². The fraction of sp³-hybridized carbons (Fsp3) is 0.824. The topological polar surface area (TPSA) is 78.9 Å². The molecule has 0 radical (unpaired) electrons. The maximum Gasteiger partial charge on any atom is 0.350 e. The van der Waals surface area contributed by atoms with Gasteiger partial charge >= 0.3 is 17.9 Å². The molecule has 0 N–H and O–H groups in total. The Kier molecular flexibility index (Phi) is 7.52. The van der Waals surface area contributed by atoms with E-state index in [4.69, 9.17) is 14.2 Å². The first kappa shape index (κ1) is 19.5. The van der Waals surface area contributed by atoms with Crippen LogP contribution in [-0.4, -0.2) is 36.7 Å². The zero-order chi connectivity index (χ0) is 17.5. The number of esters is 3. The molecule has 0 aromatic carbocycles. The zero-order valence-corrected chi connectivity index (χ0v) is 14.6. The number of carbonyl (C=O) groups excluding carboxylic acids is 3. The lowest BCUT2D eigenvalue weighted by molar-refractivity contribution is -0.188. The van der Waals surface area contributed by atoms with Gasteiger partial charge in [-0.3, -0.25) is 9.59 Å². The zero-order valence-electron chi connectivity index (χ0n) is 14.6. The van der Waals surface area contributed by atoms with Gasteiger partial charge in [-0.15, -0.1) is 0 Å². The number of rotatable bonds is 7. The lowest BCUT2D eigenvalue weighted by Gasteiger charge is -2.36. The second-order valence-corrected chi connectivity index (χ2v) is 6.43. The molecule has 0 aromatic rings. The molecule has 132 valence electrons. The van der Waals surface area contributed by atoms with Crippen molar-refractivity contribution in [3.8, 4) is 0 Å². The van der Waals surface area contributed by atoms with Crippen LogP contribution in [0.3, 0.4) is 0 Å². The SMILES string of the molecule is CCOC(=O)C1CCC(OC(C)=O)(C(=O)OCCC(C)C)CC1.